The van der Waals surface area contributed by atoms with Gasteiger partial charge in [-0.1, -0.05) is 6.92 Å². The molecular formula is C18H28N2O4. The van der Waals surface area contributed by atoms with E-state index in [0.29, 0.717) is 24.2 Å². The summed E-state index contributed by atoms with van der Waals surface area (Å²) in [4.78, 5) is 12.5. The van der Waals surface area contributed by atoms with Gasteiger partial charge in [0.2, 0.25) is 0 Å². The van der Waals surface area contributed by atoms with Crippen molar-refractivity contribution in [3.63, 3.8) is 0 Å². The van der Waals surface area contributed by atoms with E-state index in [1.165, 1.54) is 6.42 Å². The number of ether oxygens (including phenoxy) is 1. The predicted octanol–water partition coefficient (Wildman–Crippen LogP) is 2.24. The molecule has 1 heterocycles. The first kappa shape index (κ1) is 17.3. The van der Waals surface area contributed by atoms with E-state index < -0.39 is 0 Å². The average Bonchev–Trinajstić information content (AvgIpc) is 3.30. The summed E-state index contributed by atoms with van der Waals surface area (Å²) in [7, 11) is 1.61. The fourth-order valence-corrected chi connectivity index (χ4v) is 4.38. The van der Waals surface area contributed by atoms with Crippen LogP contribution in [0.4, 0.5) is 4.79 Å². The molecule has 0 spiro atoms. The molecule has 1 aromatic rings. The SMILES string of the molecule is CCc1ccc(C(COC)NC(=O)NC2C3CCC(C3)C2CO)o1. The first-order valence-corrected chi connectivity index (χ1v) is 8.91. The zero-order valence-electron chi connectivity index (χ0n) is 14.5. The van der Waals surface area contributed by atoms with Gasteiger partial charge in [0, 0.05) is 32.1 Å². The minimum Gasteiger partial charge on any atom is -0.464 e. The normalized spacial score (nSPS) is 29.6. The summed E-state index contributed by atoms with van der Waals surface area (Å²) < 4.78 is 11.0. The molecule has 0 saturated heterocycles. The number of nitrogens with one attached hydrogen (secondary N) is 2. The highest BCUT2D eigenvalue weighted by Gasteiger charge is 2.47. The average molecular weight is 336 g/mol. The van der Waals surface area contributed by atoms with Crippen molar-refractivity contribution in [1.82, 2.24) is 10.6 Å². The monoisotopic (exact) mass is 336 g/mol. The molecule has 3 rings (SSSR count). The number of fused-ring (bicyclic) bond motifs is 2. The number of methoxy groups -OCH3 is 1. The molecule has 2 aliphatic rings. The lowest BCUT2D eigenvalue weighted by Gasteiger charge is -2.31. The van der Waals surface area contributed by atoms with Gasteiger partial charge in [0.15, 0.2) is 0 Å². The standard InChI is InChI=1S/C18H28N2O4/c1-3-13-6-7-16(24-13)15(10-23-2)19-18(22)20-17-12-5-4-11(8-12)14(17)9-21/h6-7,11-12,14-15,17,21H,3-5,8-10H2,1-2H3,(H2,19,20,22). The van der Waals surface area contributed by atoms with Crippen LogP contribution in [0.1, 0.15) is 43.7 Å². The van der Waals surface area contributed by atoms with Crippen LogP contribution in [-0.4, -0.2) is 37.5 Å². The van der Waals surface area contributed by atoms with Crippen LogP contribution in [0.2, 0.25) is 0 Å². The van der Waals surface area contributed by atoms with E-state index >= 15 is 0 Å². The highest BCUT2D eigenvalue weighted by atomic mass is 16.5. The van der Waals surface area contributed by atoms with Crippen molar-refractivity contribution in [3.05, 3.63) is 23.7 Å². The first-order valence-electron chi connectivity index (χ1n) is 8.91. The molecule has 24 heavy (non-hydrogen) atoms. The summed E-state index contributed by atoms with van der Waals surface area (Å²) >= 11 is 0. The Kier molecular flexibility index (Phi) is 5.46. The lowest BCUT2D eigenvalue weighted by molar-refractivity contribution is 0.137. The molecule has 5 atom stereocenters. The first-order chi connectivity index (χ1) is 11.7. The number of carbonyl (C=O) groups is 1. The number of amides is 2. The Hall–Kier alpha value is -1.53. The number of furan rings is 1. The van der Waals surface area contributed by atoms with Crippen LogP contribution < -0.4 is 10.6 Å². The second-order valence-electron chi connectivity index (χ2n) is 6.99. The Bertz CT molecular complexity index is 559. The van der Waals surface area contributed by atoms with Crippen LogP contribution in [0.25, 0.3) is 0 Å². The van der Waals surface area contributed by atoms with Gasteiger partial charge in [0.25, 0.3) is 0 Å². The quantitative estimate of drug-likeness (QED) is 0.713. The van der Waals surface area contributed by atoms with Crippen LogP contribution in [0.3, 0.4) is 0 Å². The van der Waals surface area contributed by atoms with E-state index in [9.17, 15) is 9.90 Å². The molecule has 0 aliphatic heterocycles. The number of hydrogen-bond donors (Lipinski definition) is 3. The molecular weight excluding hydrogens is 308 g/mol. The molecule has 2 aliphatic carbocycles. The highest BCUT2D eigenvalue weighted by Crippen LogP contribution is 2.48. The Morgan fingerprint density at radius 1 is 1.42 bits per heavy atom. The zero-order chi connectivity index (χ0) is 17.1. The van der Waals surface area contributed by atoms with E-state index in [1.54, 1.807) is 7.11 Å². The number of aliphatic hydroxyl groups excluding tert-OH is 1. The Balaban J connectivity index is 1.61. The molecule has 134 valence electrons. The van der Waals surface area contributed by atoms with Crippen molar-refractivity contribution < 1.29 is 19.1 Å². The lowest BCUT2D eigenvalue weighted by atomic mass is 9.85. The number of aliphatic hydroxyl groups is 1. The molecule has 0 radical (unpaired) electrons. The van der Waals surface area contributed by atoms with Gasteiger partial charge in [-0.25, -0.2) is 4.79 Å². The molecule has 6 heteroatoms. The molecule has 2 fully saturated rings. The van der Waals surface area contributed by atoms with Gasteiger partial charge in [0.05, 0.1) is 6.61 Å². The van der Waals surface area contributed by atoms with Crippen molar-refractivity contribution in [2.24, 2.45) is 17.8 Å². The Morgan fingerprint density at radius 3 is 2.88 bits per heavy atom. The van der Waals surface area contributed by atoms with Crippen LogP contribution >= 0.6 is 0 Å². The minimum absolute atomic E-state index is 0.0692. The van der Waals surface area contributed by atoms with Crippen LogP contribution in [-0.2, 0) is 11.2 Å². The fourth-order valence-electron chi connectivity index (χ4n) is 4.38. The maximum absolute atomic E-state index is 12.5. The topological polar surface area (TPSA) is 83.7 Å². The molecule has 2 saturated carbocycles. The van der Waals surface area contributed by atoms with Gasteiger partial charge >= 0.3 is 6.03 Å². The number of hydrogen-bond acceptors (Lipinski definition) is 4. The van der Waals surface area contributed by atoms with Gasteiger partial charge in [-0.2, -0.15) is 0 Å². The van der Waals surface area contributed by atoms with Gasteiger partial charge in [-0.3, -0.25) is 0 Å². The Labute approximate surface area is 142 Å². The van der Waals surface area contributed by atoms with E-state index in [1.807, 2.05) is 19.1 Å². The summed E-state index contributed by atoms with van der Waals surface area (Å²) in [6, 6.07) is 3.34. The van der Waals surface area contributed by atoms with Gasteiger partial charge < -0.3 is 24.9 Å². The molecule has 5 unspecified atom stereocenters. The minimum atomic E-state index is -0.318. The molecule has 6 nitrogen and oxygen atoms in total. The number of urea groups is 1. The van der Waals surface area contributed by atoms with Crippen LogP contribution in [0.15, 0.2) is 16.5 Å². The van der Waals surface area contributed by atoms with Crippen molar-refractivity contribution in [2.45, 2.75) is 44.7 Å². The summed E-state index contributed by atoms with van der Waals surface area (Å²) in [6.07, 6.45) is 4.25. The maximum Gasteiger partial charge on any atom is 0.315 e. The van der Waals surface area contributed by atoms with E-state index in [4.69, 9.17) is 9.15 Å². The number of aryl methyl sites for hydroxylation is 1. The van der Waals surface area contributed by atoms with E-state index in [0.717, 1.165) is 25.0 Å². The van der Waals surface area contributed by atoms with Gasteiger partial charge in [-0.15, -0.1) is 0 Å². The molecule has 2 amide bonds. The van der Waals surface area contributed by atoms with Crippen molar-refractivity contribution >= 4 is 6.03 Å². The molecule has 2 bridgehead atoms. The summed E-state index contributed by atoms with van der Waals surface area (Å²) in [5, 5.41) is 15.7. The van der Waals surface area contributed by atoms with Gasteiger partial charge in [-0.05, 0) is 43.2 Å². The largest absolute Gasteiger partial charge is 0.464 e. The van der Waals surface area contributed by atoms with E-state index in [-0.39, 0.29) is 30.6 Å². The van der Waals surface area contributed by atoms with Crippen molar-refractivity contribution in [3.8, 4) is 0 Å². The van der Waals surface area contributed by atoms with Gasteiger partial charge in [0.1, 0.15) is 17.6 Å². The van der Waals surface area contributed by atoms with Crippen molar-refractivity contribution in [2.75, 3.05) is 20.3 Å². The third kappa shape index (κ3) is 3.44. The predicted molar refractivity (Wildman–Crippen MR) is 89.6 cm³/mol. The lowest BCUT2D eigenvalue weighted by Crippen LogP contribution is -2.50. The second kappa shape index (κ2) is 7.57. The molecule has 0 aromatic carbocycles. The molecule has 1 aromatic heterocycles. The van der Waals surface area contributed by atoms with E-state index in [2.05, 4.69) is 10.6 Å². The van der Waals surface area contributed by atoms with Crippen molar-refractivity contribution in [1.29, 1.82) is 0 Å². The maximum atomic E-state index is 12.5. The third-order valence-corrected chi connectivity index (χ3v) is 5.61. The number of carbonyl (C=O) groups excluding carboxylic acids is 1. The van der Waals surface area contributed by atoms with Crippen LogP contribution in [0.5, 0.6) is 0 Å². The second-order valence-corrected chi connectivity index (χ2v) is 6.99. The highest BCUT2D eigenvalue weighted by molar-refractivity contribution is 5.75. The molecule has 3 N–H and O–H groups in total. The zero-order valence-corrected chi connectivity index (χ0v) is 14.5. The van der Waals surface area contributed by atoms with Crippen LogP contribution in [0, 0.1) is 17.8 Å². The summed E-state index contributed by atoms with van der Waals surface area (Å²) in [6.45, 7) is 2.52. The summed E-state index contributed by atoms with van der Waals surface area (Å²) in [5.74, 6) is 2.83. The fraction of sp³-hybridized carbons (Fsp3) is 0.722. The third-order valence-electron chi connectivity index (χ3n) is 5.61. The summed E-state index contributed by atoms with van der Waals surface area (Å²) in [5.41, 5.74) is 0. The Morgan fingerprint density at radius 2 is 2.21 bits per heavy atom. The smallest absolute Gasteiger partial charge is 0.315 e. The number of rotatable bonds is 7.